The molecule has 0 saturated heterocycles. The van der Waals surface area contributed by atoms with E-state index >= 15 is 0 Å². The molecule has 3 unspecified atom stereocenters. The fraction of sp³-hybridized carbons (Fsp3) is 1.00. The molecule has 15 heavy (non-hydrogen) atoms. The summed E-state index contributed by atoms with van der Waals surface area (Å²) in [7, 11) is 0. The summed E-state index contributed by atoms with van der Waals surface area (Å²) >= 11 is 0. The van der Waals surface area contributed by atoms with Gasteiger partial charge in [-0.3, -0.25) is 0 Å². The zero-order valence-corrected chi connectivity index (χ0v) is 11.1. The van der Waals surface area contributed by atoms with Gasteiger partial charge in [-0.1, -0.05) is 34.1 Å². The Morgan fingerprint density at radius 1 is 1.13 bits per heavy atom. The molecule has 0 aliphatic heterocycles. The molecule has 1 saturated carbocycles. The largest absolute Gasteiger partial charge is 0.316 e. The second-order valence-corrected chi connectivity index (χ2v) is 5.90. The van der Waals surface area contributed by atoms with Gasteiger partial charge in [0.15, 0.2) is 0 Å². The molecule has 0 spiro atoms. The van der Waals surface area contributed by atoms with Crippen LogP contribution in [0.1, 0.15) is 53.4 Å². The van der Waals surface area contributed by atoms with Gasteiger partial charge >= 0.3 is 0 Å². The maximum atomic E-state index is 3.61. The highest BCUT2D eigenvalue weighted by Gasteiger charge is 2.30. The minimum Gasteiger partial charge on any atom is -0.316 e. The van der Waals surface area contributed by atoms with Crippen LogP contribution in [0.4, 0.5) is 0 Å². The van der Waals surface area contributed by atoms with Crippen molar-refractivity contribution >= 4 is 0 Å². The van der Waals surface area contributed by atoms with Crippen LogP contribution < -0.4 is 5.32 Å². The zero-order chi connectivity index (χ0) is 11.3. The van der Waals surface area contributed by atoms with E-state index in [9.17, 15) is 0 Å². The quantitative estimate of drug-likeness (QED) is 0.677. The second kappa shape index (κ2) is 6.52. The highest BCUT2D eigenvalue weighted by Crippen LogP contribution is 2.38. The summed E-state index contributed by atoms with van der Waals surface area (Å²) in [5, 5.41) is 3.61. The lowest BCUT2D eigenvalue weighted by molar-refractivity contribution is 0.139. The Bertz CT molecular complexity index is 165. The van der Waals surface area contributed by atoms with E-state index in [4.69, 9.17) is 0 Å². The number of hydrogen-bond acceptors (Lipinski definition) is 1. The van der Waals surface area contributed by atoms with Crippen LogP contribution in [-0.4, -0.2) is 13.1 Å². The predicted octanol–water partition coefficient (Wildman–Crippen LogP) is 3.69. The van der Waals surface area contributed by atoms with Gasteiger partial charge in [0, 0.05) is 0 Å². The Hall–Kier alpha value is -0.0400. The fourth-order valence-electron chi connectivity index (χ4n) is 2.46. The lowest BCUT2D eigenvalue weighted by Gasteiger charge is -2.38. The van der Waals surface area contributed by atoms with Crippen LogP contribution in [0.2, 0.25) is 0 Å². The summed E-state index contributed by atoms with van der Waals surface area (Å²) in [6.45, 7) is 11.7. The number of nitrogens with one attached hydrogen (secondary N) is 1. The highest BCUT2D eigenvalue weighted by molar-refractivity contribution is 4.83. The predicted molar refractivity (Wildman–Crippen MR) is 68.0 cm³/mol. The van der Waals surface area contributed by atoms with Gasteiger partial charge in [-0.05, 0) is 56.0 Å². The van der Waals surface area contributed by atoms with E-state index in [0.717, 1.165) is 23.7 Å². The lowest BCUT2D eigenvalue weighted by atomic mass is 9.69. The van der Waals surface area contributed by atoms with Gasteiger partial charge in [-0.15, -0.1) is 0 Å². The normalized spacial score (nSPS) is 27.8. The van der Waals surface area contributed by atoms with Crippen LogP contribution in [0, 0.1) is 23.7 Å². The third kappa shape index (κ3) is 4.55. The molecule has 1 aliphatic rings. The molecule has 1 rings (SSSR count). The van der Waals surface area contributed by atoms with Crippen LogP contribution in [0.25, 0.3) is 0 Å². The molecule has 1 fully saturated rings. The van der Waals surface area contributed by atoms with Gasteiger partial charge in [-0.25, -0.2) is 0 Å². The van der Waals surface area contributed by atoms with Crippen molar-refractivity contribution in [1.82, 2.24) is 5.32 Å². The standard InChI is InChI=1S/C14H29N/c1-5-12(4)8-13-6-7-14(13)10-15-9-11(2)3/h11-15H,5-10H2,1-4H3. The summed E-state index contributed by atoms with van der Waals surface area (Å²) in [5.41, 5.74) is 0. The van der Waals surface area contributed by atoms with Crippen LogP contribution in [0.15, 0.2) is 0 Å². The molecule has 0 bridgehead atoms. The Labute approximate surface area is 96.0 Å². The smallest absolute Gasteiger partial charge is 0.00178 e. The summed E-state index contributed by atoms with van der Waals surface area (Å²) in [6.07, 6.45) is 5.76. The Morgan fingerprint density at radius 2 is 1.80 bits per heavy atom. The minimum atomic E-state index is 0.790. The first kappa shape index (κ1) is 13.0. The summed E-state index contributed by atoms with van der Waals surface area (Å²) in [6, 6.07) is 0. The average molecular weight is 211 g/mol. The summed E-state index contributed by atoms with van der Waals surface area (Å²) < 4.78 is 0. The van der Waals surface area contributed by atoms with E-state index < -0.39 is 0 Å². The van der Waals surface area contributed by atoms with Gasteiger partial charge in [0.25, 0.3) is 0 Å². The van der Waals surface area contributed by atoms with Crippen molar-refractivity contribution in [3.8, 4) is 0 Å². The molecule has 0 amide bonds. The minimum absolute atomic E-state index is 0.790. The lowest BCUT2D eigenvalue weighted by Crippen LogP contribution is -2.37. The van der Waals surface area contributed by atoms with Gasteiger partial charge in [-0.2, -0.15) is 0 Å². The van der Waals surface area contributed by atoms with E-state index in [1.807, 2.05) is 0 Å². The van der Waals surface area contributed by atoms with Crippen molar-refractivity contribution in [3.05, 3.63) is 0 Å². The molecular weight excluding hydrogens is 182 g/mol. The third-order valence-corrected chi connectivity index (χ3v) is 3.94. The number of hydrogen-bond donors (Lipinski definition) is 1. The molecule has 1 N–H and O–H groups in total. The maximum Gasteiger partial charge on any atom is -0.00178 e. The molecule has 0 aromatic carbocycles. The van der Waals surface area contributed by atoms with E-state index in [-0.39, 0.29) is 0 Å². The van der Waals surface area contributed by atoms with Gasteiger partial charge in [0.05, 0.1) is 0 Å². The molecule has 1 nitrogen and oxygen atoms in total. The highest BCUT2D eigenvalue weighted by atomic mass is 14.9. The third-order valence-electron chi connectivity index (χ3n) is 3.94. The van der Waals surface area contributed by atoms with Crippen LogP contribution >= 0.6 is 0 Å². The van der Waals surface area contributed by atoms with Crippen molar-refractivity contribution in [2.45, 2.75) is 53.4 Å². The first-order chi connectivity index (χ1) is 7.13. The molecule has 0 aromatic rings. The zero-order valence-electron chi connectivity index (χ0n) is 11.1. The molecule has 0 radical (unpaired) electrons. The van der Waals surface area contributed by atoms with Gasteiger partial charge in [0.2, 0.25) is 0 Å². The second-order valence-electron chi connectivity index (χ2n) is 5.90. The summed E-state index contributed by atoms with van der Waals surface area (Å²) in [4.78, 5) is 0. The maximum absolute atomic E-state index is 3.61. The monoisotopic (exact) mass is 211 g/mol. The molecule has 3 atom stereocenters. The Kier molecular flexibility index (Phi) is 5.66. The first-order valence-corrected chi connectivity index (χ1v) is 6.84. The first-order valence-electron chi connectivity index (χ1n) is 6.84. The summed E-state index contributed by atoms with van der Waals surface area (Å²) in [5.74, 6) is 3.73. The number of rotatable bonds is 7. The molecule has 90 valence electrons. The topological polar surface area (TPSA) is 12.0 Å². The van der Waals surface area contributed by atoms with Crippen molar-refractivity contribution < 1.29 is 0 Å². The van der Waals surface area contributed by atoms with E-state index in [0.29, 0.717) is 0 Å². The molecule has 1 aliphatic carbocycles. The van der Waals surface area contributed by atoms with Gasteiger partial charge in [0.1, 0.15) is 0 Å². The van der Waals surface area contributed by atoms with E-state index in [2.05, 4.69) is 33.0 Å². The Balaban J connectivity index is 2.09. The van der Waals surface area contributed by atoms with Crippen LogP contribution in [0.3, 0.4) is 0 Å². The SMILES string of the molecule is CCC(C)CC1CCC1CNCC(C)C. The molecular formula is C14H29N. The fourth-order valence-corrected chi connectivity index (χ4v) is 2.46. The van der Waals surface area contributed by atoms with E-state index in [1.54, 1.807) is 0 Å². The molecule has 1 heteroatoms. The van der Waals surface area contributed by atoms with Crippen molar-refractivity contribution in [2.75, 3.05) is 13.1 Å². The average Bonchev–Trinajstić information content (AvgIpc) is 2.18. The van der Waals surface area contributed by atoms with Crippen LogP contribution in [-0.2, 0) is 0 Å². The Morgan fingerprint density at radius 3 is 2.27 bits per heavy atom. The van der Waals surface area contributed by atoms with E-state index in [1.165, 1.54) is 38.8 Å². The van der Waals surface area contributed by atoms with Crippen LogP contribution in [0.5, 0.6) is 0 Å². The van der Waals surface area contributed by atoms with Crippen molar-refractivity contribution in [3.63, 3.8) is 0 Å². The van der Waals surface area contributed by atoms with Crippen molar-refractivity contribution in [1.29, 1.82) is 0 Å². The molecule has 0 aromatic heterocycles. The van der Waals surface area contributed by atoms with Crippen molar-refractivity contribution in [2.24, 2.45) is 23.7 Å². The van der Waals surface area contributed by atoms with Gasteiger partial charge < -0.3 is 5.32 Å². The molecule has 0 heterocycles.